The topological polar surface area (TPSA) is 76.2 Å². The maximum atomic E-state index is 13.0. The molecule has 9 heteroatoms. The number of hydroxylamine groups is 2. The van der Waals surface area contributed by atoms with E-state index in [1.54, 1.807) is 42.5 Å². The summed E-state index contributed by atoms with van der Waals surface area (Å²) in [5, 5.41) is 1.62. The Labute approximate surface area is 171 Å². The fourth-order valence-corrected chi connectivity index (χ4v) is 3.33. The van der Waals surface area contributed by atoms with Crippen LogP contribution in [0.15, 0.2) is 48.5 Å². The predicted molar refractivity (Wildman–Crippen MR) is 101 cm³/mol. The zero-order chi connectivity index (χ0) is 20.3. The highest BCUT2D eigenvalue weighted by Crippen LogP contribution is 2.37. The van der Waals surface area contributed by atoms with Crippen LogP contribution in [-0.4, -0.2) is 48.0 Å². The Morgan fingerprint density at radius 2 is 1.86 bits per heavy atom. The average molecular weight is 423 g/mol. The molecule has 1 atom stereocenters. The molecule has 0 aromatic heterocycles. The minimum absolute atomic E-state index is 0.238. The summed E-state index contributed by atoms with van der Waals surface area (Å²) in [6.07, 6.45) is -0.963. The lowest BCUT2D eigenvalue weighted by atomic mass is 10.1. The Balaban J connectivity index is 1.99. The Morgan fingerprint density at radius 3 is 2.50 bits per heavy atom. The number of benzene rings is 2. The summed E-state index contributed by atoms with van der Waals surface area (Å²) in [7, 11) is 1.20. The van der Waals surface area contributed by atoms with Crippen molar-refractivity contribution in [1.82, 2.24) is 9.96 Å². The highest BCUT2D eigenvalue weighted by molar-refractivity contribution is 6.35. The standard InChI is InChI=1S/C19H16Cl2N2O5/c1-27-17(25)11-28-23-16(24)10-22(19(26)12-5-3-2-4-6-12)18(23)14-8-7-13(20)9-15(14)21/h2-9,18H,10-11H2,1H3. The first kappa shape index (κ1) is 20.1. The number of methoxy groups -OCH3 is 1. The molecule has 0 radical (unpaired) electrons. The molecule has 146 valence electrons. The molecule has 1 aliphatic heterocycles. The fourth-order valence-electron chi connectivity index (χ4n) is 2.82. The van der Waals surface area contributed by atoms with E-state index in [0.29, 0.717) is 16.1 Å². The maximum absolute atomic E-state index is 13.0. The van der Waals surface area contributed by atoms with Crippen LogP contribution in [0, 0.1) is 0 Å². The Kier molecular flexibility index (Phi) is 6.18. The number of carbonyl (C=O) groups is 3. The molecule has 1 unspecified atom stereocenters. The Morgan fingerprint density at radius 1 is 1.14 bits per heavy atom. The maximum Gasteiger partial charge on any atom is 0.334 e. The second-order valence-electron chi connectivity index (χ2n) is 5.91. The van der Waals surface area contributed by atoms with Crippen molar-refractivity contribution in [2.24, 2.45) is 0 Å². The van der Waals surface area contributed by atoms with Crippen molar-refractivity contribution in [3.05, 3.63) is 69.7 Å². The van der Waals surface area contributed by atoms with E-state index in [1.807, 2.05) is 0 Å². The molecule has 2 aromatic carbocycles. The number of esters is 1. The van der Waals surface area contributed by atoms with Crippen molar-refractivity contribution in [2.45, 2.75) is 6.17 Å². The van der Waals surface area contributed by atoms with Crippen molar-refractivity contribution < 1.29 is 24.0 Å². The van der Waals surface area contributed by atoms with Crippen LogP contribution < -0.4 is 0 Å². The van der Waals surface area contributed by atoms with Gasteiger partial charge in [-0.2, -0.15) is 5.06 Å². The van der Waals surface area contributed by atoms with E-state index in [1.165, 1.54) is 18.1 Å². The quantitative estimate of drug-likeness (QED) is 0.691. The molecule has 2 aromatic rings. The first-order valence-electron chi connectivity index (χ1n) is 8.25. The molecule has 0 saturated carbocycles. The molecule has 1 saturated heterocycles. The summed E-state index contributed by atoms with van der Waals surface area (Å²) in [5.41, 5.74) is 0.839. The third-order valence-corrected chi connectivity index (χ3v) is 4.70. The second kappa shape index (κ2) is 8.60. The first-order chi connectivity index (χ1) is 13.4. The third-order valence-electron chi connectivity index (χ3n) is 4.14. The van der Waals surface area contributed by atoms with Crippen LogP contribution in [0.4, 0.5) is 0 Å². The number of nitrogens with zero attached hydrogens (tertiary/aromatic N) is 2. The fraction of sp³-hybridized carbons (Fsp3) is 0.211. The second-order valence-corrected chi connectivity index (χ2v) is 6.75. The van der Waals surface area contributed by atoms with Crippen LogP contribution in [0.3, 0.4) is 0 Å². The summed E-state index contributed by atoms with van der Waals surface area (Å²) >= 11 is 12.3. The number of hydrogen-bond acceptors (Lipinski definition) is 5. The van der Waals surface area contributed by atoms with Gasteiger partial charge in [0.15, 0.2) is 12.8 Å². The van der Waals surface area contributed by atoms with Gasteiger partial charge in [0.25, 0.3) is 11.8 Å². The Bertz CT molecular complexity index is 906. The van der Waals surface area contributed by atoms with E-state index in [9.17, 15) is 14.4 Å². The number of rotatable bonds is 5. The summed E-state index contributed by atoms with van der Waals surface area (Å²) in [6, 6.07) is 13.2. The zero-order valence-corrected chi connectivity index (χ0v) is 16.3. The molecular weight excluding hydrogens is 407 g/mol. The van der Waals surface area contributed by atoms with Crippen molar-refractivity contribution >= 4 is 41.0 Å². The molecule has 0 N–H and O–H groups in total. The molecule has 28 heavy (non-hydrogen) atoms. The number of ether oxygens (including phenoxy) is 1. The smallest absolute Gasteiger partial charge is 0.334 e. The number of carbonyl (C=O) groups excluding carboxylic acids is 3. The molecule has 0 aliphatic carbocycles. The number of amides is 2. The van der Waals surface area contributed by atoms with E-state index in [4.69, 9.17) is 28.0 Å². The van der Waals surface area contributed by atoms with Gasteiger partial charge in [-0.05, 0) is 24.3 Å². The molecule has 0 spiro atoms. The minimum atomic E-state index is -0.963. The predicted octanol–water partition coefficient (Wildman–Crippen LogP) is 3.08. The van der Waals surface area contributed by atoms with Gasteiger partial charge in [0, 0.05) is 21.2 Å². The summed E-state index contributed by atoms with van der Waals surface area (Å²) in [6.45, 7) is -0.726. The lowest BCUT2D eigenvalue weighted by Gasteiger charge is -2.29. The van der Waals surface area contributed by atoms with Gasteiger partial charge in [0.2, 0.25) is 0 Å². The van der Waals surface area contributed by atoms with Crippen molar-refractivity contribution in [3.8, 4) is 0 Å². The molecule has 1 aliphatic rings. The van der Waals surface area contributed by atoms with Gasteiger partial charge in [0.05, 0.1) is 7.11 Å². The number of hydrogen-bond donors (Lipinski definition) is 0. The molecule has 2 amide bonds. The van der Waals surface area contributed by atoms with Crippen LogP contribution in [0.25, 0.3) is 0 Å². The van der Waals surface area contributed by atoms with Crippen molar-refractivity contribution in [3.63, 3.8) is 0 Å². The first-order valence-corrected chi connectivity index (χ1v) is 9.00. The molecule has 0 bridgehead atoms. The zero-order valence-electron chi connectivity index (χ0n) is 14.8. The van der Waals surface area contributed by atoms with Crippen LogP contribution in [0.1, 0.15) is 22.1 Å². The number of halogens is 2. The molecule has 1 heterocycles. The molecular formula is C19H16Cl2N2O5. The van der Waals surface area contributed by atoms with Gasteiger partial charge in [0.1, 0.15) is 6.54 Å². The average Bonchev–Trinajstić information content (AvgIpc) is 3.02. The summed E-state index contributed by atoms with van der Waals surface area (Å²) in [5.74, 6) is -1.54. The molecule has 7 nitrogen and oxygen atoms in total. The van der Waals surface area contributed by atoms with Crippen molar-refractivity contribution in [2.75, 3.05) is 20.3 Å². The van der Waals surface area contributed by atoms with E-state index < -0.39 is 24.6 Å². The lowest BCUT2D eigenvalue weighted by Crippen LogP contribution is -2.36. The monoisotopic (exact) mass is 422 g/mol. The van der Waals surface area contributed by atoms with Gasteiger partial charge in [-0.15, -0.1) is 0 Å². The molecule has 3 rings (SSSR count). The molecule has 1 fully saturated rings. The third kappa shape index (κ3) is 4.11. The summed E-state index contributed by atoms with van der Waals surface area (Å²) in [4.78, 5) is 43.7. The SMILES string of the molecule is COC(=O)CON1C(=O)CN(C(=O)c2ccccc2)C1c1ccc(Cl)cc1Cl. The van der Waals surface area contributed by atoms with Crippen LogP contribution in [0.5, 0.6) is 0 Å². The largest absolute Gasteiger partial charge is 0.467 e. The van der Waals surface area contributed by atoms with E-state index in [0.717, 1.165) is 5.06 Å². The highest BCUT2D eigenvalue weighted by atomic mass is 35.5. The van der Waals surface area contributed by atoms with Gasteiger partial charge in [-0.1, -0.05) is 47.5 Å². The van der Waals surface area contributed by atoms with Gasteiger partial charge in [-0.3, -0.25) is 14.4 Å². The van der Waals surface area contributed by atoms with Gasteiger partial charge in [-0.25, -0.2) is 4.79 Å². The normalized spacial score (nSPS) is 16.4. The van der Waals surface area contributed by atoms with Crippen LogP contribution >= 0.6 is 23.2 Å². The highest BCUT2D eigenvalue weighted by Gasteiger charge is 2.44. The Hall–Kier alpha value is -2.61. The van der Waals surface area contributed by atoms with Gasteiger partial charge < -0.3 is 9.64 Å². The van der Waals surface area contributed by atoms with Crippen LogP contribution in [-0.2, 0) is 19.2 Å². The lowest BCUT2D eigenvalue weighted by molar-refractivity contribution is -0.202. The van der Waals surface area contributed by atoms with Crippen molar-refractivity contribution in [1.29, 1.82) is 0 Å². The van der Waals surface area contributed by atoms with E-state index in [2.05, 4.69) is 4.74 Å². The van der Waals surface area contributed by atoms with E-state index in [-0.39, 0.29) is 17.5 Å². The van der Waals surface area contributed by atoms with Crippen LogP contribution in [0.2, 0.25) is 10.0 Å². The minimum Gasteiger partial charge on any atom is -0.467 e. The van der Waals surface area contributed by atoms with E-state index >= 15 is 0 Å². The van der Waals surface area contributed by atoms with Gasteiger partial charge >= 0.3 is 5.97 Å². The summed E-state index contributed by atoms with van der Waals surface area (Å²) < 4.78 is 4.54.